The first kappa shape index (κ1) is 18.8. The van der Waals surface area contributed by atoms with Crippen LogP contribution in [0.25, 0.3) is 10.8 Å². The van der Waals surface area contributed by atoms with Crippen molar-refractivity contribution in [1.82, 2.24) is 4.90 Å². The molecule has 1 aliphatic rings. The summed E-state index contributed by atoms with van der Waals surface area (Å²) in [6.45, 7) is 4.52. The Bertz CT molecular complexity index is 792. The number of esters is 1. The molecule has 0 aliphatic carbocycles. The predicted molar refractivity (Wildman–Crippen MR) is 106 cm³/mol. The molecule has 0 saturated carbocycles. The zero-order valence-corrected chi connectivity index (χ0v) is 16.1. The molecule has 1 fully saturated rings. The van der Waals surface area contributed by atoms with Crippen LogP contribution in [-0.4, -0.2) is 40.6 Å². The molecule has 1 heterocycles. The van der Waals surface area contributed by atoms with Gasteiger partial charge in [0.15, 0.2) is 0 Å². The Labute approximate surface area is 158 Å². The Morgan fingerprint density at radius 2 is 1.92 bits per heavy atom. The molecule has 138 valence electrons. The van der Waals surface area contributed by atoms with E-state index in [0.29, 0.717) is 17.9 Å². The molecular formula is C21H25NO3S. The van der Waals surface area contributed by atoms with Crippen molar-refractivity contribution < 1.29 is 14.3 Å². The van der Waals surface area contributed by atoms with Crippen LogP contribution in [0.2, 0.25) is 0 Å². The molecule has 5 heteroatoms. The molecular weight excluding hydrogens is 346 g/mol. The van der Waals surface area contributed by atoms with E-state index in [1.54, 1.807) is 16.7 Å². The van der Waals surface area contributed by atoms with Gasteiger partial charge in [-0.1, -0.05) is 50.6 Å². The molecule has 0 bridgehead atoms. The zero-order valence-electron chi connectivity index (χ0n) is 15.3. The van der Waals surface area contributed by atoms with Crippen molar-refractivity contribution in [2.45, 2.75) is 44.5 Å². The third-order valence-corrected chi connectivity index (χ3v) is 6.14. The second-order valence-corrected chi connectivity index (χ2v) is 7.72. The number of ether oxygens (including phenoxy) is 1. The summed E-state index contributed by atoms with van der Waals surface area (Å²) < 4.78 is 5.40. The fourth-order valence-electron chi connectivity index (χ4n) is 3.22. The monoisotopic (exact) mass is 371 g/mol. The lowest BCUT2D eigenvalue weighted by molar-refractivity contribution is -0.148. The fraction of sp³-hybridized carbons (Fsp3) is 0.429. The van der Waals surface area contributed by atoms with Gasteiger partial charge in [-0.3, -0.25) is 4.79 Å². The van der Waals surface area contributed by atoms with E-state index in [2.05, 4.69) is 6.92 Å². The number of fused-ring (bicyclic) bond motifs is 1. The Balaban J connectivity index is 1.83. The molecule has 3 rings (SSSR count). The van der Waals surface area contributed by atoms with Crippen LogP contribution in [0.3, 0.4) is 0 Å². The standard InChI is InChI=1S/C21H25NO3S/c1-3-5-12-25-21(24)18-14-26-19(4-2)22(18)20(23)17-11-10-15-8-6-7-9-16(15)13-17/h6-11,13,18-19H,3-5,12,14H2,1-2H3. The smallest absolute Gasteiger partial charge is 0.329 e. The van der Waals surface area contributed by atoms with Crippen LogP contribution in [0.4, 0.5) is 0 Å². The highest BCUT2D eigenvalue weighted by Gasteiger charge is 2.41. The quantitative estimate of drug-likeness (QED) is 0.555. The second kappa shape index (κ2) is 8.58. The van der Waals surface area contributed by atoms with Crippen molar-refractivity contribution in [2.24, 2.45) is 0 Å². The molecule has 1 amide bonds. The molecule has 26 heavy (non-hydrogen) atoms. The minimum Gasteiger partial charge on any atom is -0.464 e. The molecule has 0 N–H and O–H groups in total. The van der Waals surface area contributed by atoms with Gasteiger partial charge in [-0.25, -0.2) is 4.79 Å². The average Bonchev–Trinajstić information content (AvgIpc) is 3.11. The fourth-order valence-corrected chi connectivity index (χ4v) is 4.56. The molecule has 0 aromatic heterocycles. The molecule has 2 atom stereocenters. The molecule has 4 nitrogen and oxygen atoms in total. The number of amides is 1. The summed E-state index contributed by atoms with van der Waals surface area (Å²) >= 11 is 1.66. The lowest BCUT2D eigenvalue weighted by Crippen LogP contribution is -2.46. The third kappa shape index (κ3) is 3.88. The van der Waals surface area contributed by atoms with Crippen molar-refractivity contribution in [3.05, 3.63) is 48.0 Å². The lowest BCUT2D eigenvalue weighted by Gasteiger charge is -2.28. The van der Waals surface area contributed by atoms with Crippen molar-refractivity contribution in [2.75, 3.05) is 12.4 Å². The van der Waals surface area contributed by atoms with E-state index < -0.39 is 6.04 Å². The highest BCUT2D eigenvalue weighted by molar-refractivity contribution is 8.00. The largest absolute Gasteiger partial charge is 0.464 e. The SMILES string of the molecule is CCCCOC(=O)C1CSC(CC)N1C(=O)c1ccc2ccccc2c1. The molecule has 0 spiro atoms. The summed E-state index contributed by atoms with van der Waals surface area (Å²) in [5.74, 6) is 0.226. The molecule has 2 aromatic carbocycles. The van der Waals surface area contributed by atoms with Crippen LogP contribution < -0.4 is 0 Å². The summed E-state index contributed by atoms with van der Waals surface area (Å²) in [6.07, 6.45) is 2.63. The van der Waals surface area contributed by atoms with E-state index in [0.717, 1.165) is 30.0 Å². The lowest BCUT2D eigenvalue weighted by atomic mass is 10.1. The summed E-state index contributed by atoms with van der Waals surface area (Å²) in [4.78, 5) is 27.4. The number of rotatable bonds is 6. The molecule has 1 aliphatic heterocycles. The maximum absolute atomic E-state index is 13.2. The normalized spacial score (nSPS) is 19.7. The van der Waals surface area contributed by atoms with E-state index in [9.17, 15) is 9.59 Å². The number of hydrogen-bond donors (Lipinski definition) is 0. The predicted octanol–water partition coefficient (Wildman–Crippen LogP) is 4.48. The Kier molecular flexibility index (Phi) is 6.20. The van der Waals surface area contributed by atoms with Crippen LogP contribution in [0.15, 0.2) is 42.5 Å². The minimum atomic E-state index is -0.499. The summed E-state index contributed by atoms with van der Waals surface area (Å²) in [5.41, 5.74) is 0.621. The number of benzene rings is 2. The van der Waals surface area contributed by atoms with E-state index in [1.165, 1.54) is 0 Å². The summed E-state index contributed by atoms with van der Waals surface area (Å²) in [6, 6.07) is 13.2. The van der Waals surface area contributed by atoms with E-state index in [-0.39, 0.29) is 17.3 Å². The van der Waals surface area contributed by atoms with Gasteiger partial charge in [-0.15, -0.1) is 11.8 Å². The molecule has 2 aromatic rings. The van der Waals surface area contributed by atoms with Gasteiger partial charge in [0.2, 0.25) is 0 Å². The van der Waals surface area contributed by atoms with Crippen LogP contribution in [0, 0.1) is 0 Å². The Morgan fingerprint density at radius 3 is 2.65 bits per heavy atom. The molecule has 1 saturated heterocycles. The van der Waals surface area contributed by atoms with E-state index >= 15 is 0 Å². The first-order chi connectivity index (χ1) is 12.7. The highest BCUT2D eigenvalue weighted by atomic mass is 32.2. The Hall–Kier alpha value is -2.01. The van der Waals surface area contributed by atoms with Gasteiger partial charge in [0.05, 0.1) is 12.0 Å². The summed E-state index contributed by atoms with van der Waals surface area (Å²) in [7, 11) is 0. The number of carbonyl (C=O) groups is 2. The second-order valence-electron chi connectivity index (χ2n) is 6.51. The van der Waals surface area contributed by atoms with Gasteiger partial charge in [0.25, 0.3) is 5.91 Å². The van der Waals surface area contributed by atoms with Gasteiger partial charge < -0.3 is 9.64 Å². The molecule has 2 unspecified atom stereocenters. The van der Waals surface area contributed by atoms with Crippen LogP contribution >= 0.6 is 11.8 Å². The number of unbranched alkanes of at least 4 members (excludes halogenated alkanes) is 1. The maximum atomic E-state index is 13.2. The topological polar surface area (TPSA) is 46.6 Å². The first-order valence-corrected chi connectivity index (χ1v) is 10.3. The number of nitrogens with zero attached hydrogens (tertiary/aromatic N) is 1. The van der Waals surface area contributed by atoms with Gasteiger partial charge in [-0.2, -0.15) is 0 Å². The summed E-state index contributed by atoms with van der Waals surface area (Å²) in [5, 5.41) is 2.14. The van der Waals surface area contributed by atoms with Crippen molar-refractivity contribution in [3.8, 4) is 0 Å². The van der Waals surface area contributed by atoms with Crippen LogP contribution in [0.1, 0.15) is 43.5 Å². The highest BCUT2D eigenvalue weighted by Crippen LogP contribution is 2.33. The van der Waals surface area contributed by atoms with Crippen molar-refractivity contribution >= 4 is 34.4 Å². The minimum absolute atomic E-state index is 0.0118. The number of hydrogen-bond acceptors (Lipinski definition) is 4. The zero-order chi connectivity index (χ0) is 18.5. The number of carbonyl (C=O) groups excluding carboxylic acids is 2. The van der Waals surface area contributed by atoms with Gasteiger partial charge in [0, 0.05) is 11.3 Å². The van der Waals surface area contributed by atoms with E-state index in [4.69, 9.17) is 4.74 Å². The Morgan fingerprint density at radius 1 is 1.15 bits per heavy atom. The number of thioether (sulfide) groups is 1. The van der Waals surface area contributed by atoms with Gasteiger partial charge >= 0.3 is 5.97 Å². The van der Waals surface area contributed by atoms with Crippen LogP contribution in [0.5, 0.6) is 0 Å². The van der Waals surface area contributed by atoms with E-state index in [1.807, 2.05) is 49.4 Å². The van der Waals surface area contributed by atoms with Crippen LogP contribution in [-0.2, 0) is 9.53 Å². The maximum Gasteiger partial charge on any atom is 0.329 e. The molecule has 0 radical (unpaired) electrons. The average molecular weight is 372 g/mol. The van der Waals surface area contributed by atoms with Crippen molar-refractivity contribution in [3.63, 3.8) is 0 Å². The van der Waals surface area contributed by atoms with Gasteiger partial charge in [0.1, 0.15) is 6.04 Å². The van der Waals surface area contributed by atoms with Crippen molar-refractivity contribution in [1.29, 1.82) is 0 Å². The van der Waals surface area contributed by atoms with Gasteiger partial charge in [-0.05, 0) is 35.7 Å². The third-order valence-electron chi connectivity index (χ3n) is 4.69. The first-order valence-electron chi connectivity index (χ1n) is 9.25.